The van der Waals surface area contributed by atoms with Gasteiger partial charge in [0.25, 0.3) is 0 Å². The number of aromatic nitrogens is 1. The number of unbranched alkanes of at least 4 members (excludes halogenated alkanes) is 9. The van der Waals surface area contributed by atoms with Gasteiger partial charge in [0, 0.05) is 24.3 Å². The van der Waals surface area contributed by atoms with Crippen LogP contribution in [0.1, 0.15) is 108 Å². The first-order valence-electron chi connectivity index (χ1n) is 13.1. The highest BCUT2D eigenvalue weighted by atomic mass is 16.5. The zero-order valence-corrected chi connectivity index (χ0v) is 20.8. The van der Waals surface area contributed by atoms with Crippen molar-refractivity contribution in [3.8, 4) is 5.88 Å². The molecule has 1 heterocycles. The van der Waals surface area contributed by atoms with E-state index in [-0.39, 0.29) is 11.9 Å². The predicted molar refractivity (Wildman–Crippen MR) is 139 cm³/mol. The Labute approximate surface area is 201 Å². The Balaban J connectivity index is 1.81. The minimum Gasteiger partial charge on any atom is -0.404 e. The van der Waals surface area contributed by atoms with Crippen LogP contribution < -0.4 is 4.74 Å². The average molecular weight is 450 g/mol. The van der Waals surface area contributed by atoms with Gasteiger partial charge in [-0.3, -0.25) is 0 Å². The standard InChI is InChI=1S/C30H43NO2/c1-3-5-7-9-11-13-17-26-21-23-29(31-25-26)33-30(32)24-22-28(20-14-10-8-6-4-2)27-18-15-12-16-19-27/h12,15-16,18-19,21-25,28H,3-11,13-14,17,20H2,1-2H3/b24-22+. The molecule has 0 fully saturated rings. The van der Waals surface area contributed by atoms with Gasteiger partial charge < -0.3 is 4.74 Å². The molecule has 0 saturated carbocycles. The van der Waals surface area contributed by atoms with Gasteiger partial charge in [0.15, 0.2) is 0 Å². The van der Waals surface area contributed by atoms with Gasteiger partial charge >= 0.3 is 5.97 Å². The molecule has 0 radical (unpaired) electrons. The van der Waals surface area contributed by atoms with Gasteiger partial charge in [0.2, 0.25) is 5.88 Å². The van der Waals surface area contributed by atoms with E-state index in [4.69, 9.17) is 4.74 Å². The Morgan fingerprint density at radius 1 is 0.848 bits per heavy atom. The minimum atomic E-state index is -0.363. The molecule has 0 saturated heterocycles. The Morgan fingerprint density at radius 3 is 2.18 bits per heavy atom. The first kappa shape index (κ1) is 26.8. The van der Waals surface area contributed by atoms with Gasteiger partial charge in [-0.1, -0.05) is 121 Å². The van der Waals surface area contributed by atoms with Crippen molar-refractivity contribution in [1.82, 2.24) is 4.98 Å². The molecule has 0 bridgehead atoms. The van der Waals surface area contributed by atoms with Gasteiger partial charge in [-0.15, -0.1) is 0 Å². The molecule has 0 aliphatic rings. The van der Waals surface area contributed by atoms with E-state index in [1.165, 1.54) is 81.8 Å². The maximum Gasteiger partial charge on any atom is 0.337 e. The van der Waals surface area contributed by atoms with Crippen molar-refractivity contribution in [3.63, 3.8) is 0 Å². The Morgan fingerprint density at radius 2 is 1.52 bits per heavy atom. The molecule has 0 aliphatic heterocycles. The van der Waals surface area contributed by atoms with E-state index in [2.05, 4.69) is 43.1 Å². The van der Waals surface area contributed by atoms with Crippen LogP contribution in [0.3, 0.4) is 0 Å². The van der Waals surface area contributed by atoms with Crippen LogP contribution in [-0.2, 0) is 11.2 Å². The van der Waals surface area contributed by atoms with Crippen molar-refractivity contribution >= 4 is 5.97 Å². The number of benzene rings is 1. The third-order valence-electron chi connectivity index (χ3n) is 6.13. The molecule has 33 heavy (non-hydrogen) atoms. The van der Waals surface area contributed by atoms with Crippen LogP contribution in [0.25, 0.3) is 0 Å². The number of allylic oxidation sites excluding steroid dienone is 1. The molecule has 1 aromatic heterocycles. The highest BCUT2D eigenvalue weighted by molar-refractivity contribution is 5.83. The molecule has 180 valence electrons. The lowest BCUT2D eigenvalue weighted by Crippen LogP contribution is -2.06. The number of carbonyl (C=O) groups is 1. The molecule has 0 aliphatic carbocycles. The van der Waals surface area contributed by atoms with Crippen molar-refractivity contribution in [2.75, 3.05) is 0 Å². The third kappa shape index (κ3) is 11.8. The van der Waals surface area contributed by atoms with Crippen molar-refractivity contribution < 1.29 is 9.53 Å². The Bertz CT molecular complexity index is 783. The quantitative estimate of drug-likeness (QED) is 0.138. The van der Waals surface area contributed by atoms with E-state index < -0.39 is 0 Å². The molecule has 2 aromatic rings. The molecule has 3 nitrogen and oxygen atoms in total. The van der Waals surface area contributed by atoms with Gasteiger partial charge in [-0.25, -0.2) is 9.78 Å². The van der Waals surface area contributed by atoms with E-state index in [1.807, 2.05) is 24.4 Å². The van der Waals surface area contributed by atoms with Crippen molar-refractivity contribution in [3.05, 3.63) is 71.9 Å². The van der Waals surface area contributed by atoms with E-state index >= 15 is 0 Å². The lowest BCUT2D eigenvalue weighted by molar-refractivity contribution is -0.129. The normalized spacial score (nSPS) is 12.2. The smallest absolute Gasteiger partial charge is 0.337 e. The summed E-state index contributed by atoms with van der Waals surface area (Å²) in [7, 11) is 0. The third-order valence-corrected chi connectivity index (χ3v) is 6.13. The molecule has 0 amide bonds. The molecule has 0 spiro atoms. The number of pyridine rings is 1. The summed E-state index contributed by atoms with van der Waals surface area (Å²) in [4.78, 5) is 16.7. The summed E-state index contributed by atoms with van der Waals surface area (Å²) in [5, 5.41) is 0. The second-order valence-electron chi connectivity index (χ2n) is 9.02. The highest BCUT2D eigenvalue weighted by Crippen LogP contribution is 2.24. The van der Waals surface area contributed by atoms with Crippen molar-refractivity contribution in [2.45, 2.75) is 103 Å². The summed E-state index contributed by atoms with van der Waals surface area (Å²) in [6.07, 6.45) is 21.4. The predicted octanol–water partition coefficient (Wildman–Crippen LogP) is 8.59. The highest BCUT2D eigenvalue weighted by Gasteiger charge is 2.10. The molecular formula is C30H43NO2. The summed E-state index contributed by atoms with van der Waals surface area (Å²) in [6, 6.07) is 14.2. The van der Waals surface area contributed by atoms with Gasteiger partial charge in [-0.05, 0) is 30.4 Å². The first-order valence-corrected chi connectivity index (χ1v) is 13.1. The second-order valence-corrected chi connectivity index (χ2v) is 9.02. The zero-order valence-electron chi connectivity index (χ0n) is 20.8. The van der Waals surface area contributed by atoms with Gasteiger partial charge in [0.1, 0.15) is 0 Å². The van der Waals surface area contributed by atoms with Crippen LogP contribution in [0.2, 0.25) is 0 Å². The van der Waals surface area contributed by atoms with Gasteiger partial charge in [-0.2, -0.15) is 0 Å². The number of ether oxygens (including phenoxy) is 1. The lowest BCUT2D eigenvalue weighted by Gasteiger charge is -2.13. The zero-order chi connectivity index (χ0) is 23.6. The molecule has 1 unspecified atom stereocenters. The summed E-state index contributed by atoms with van der Waals surface area (Å²) >= 11 is 0. The summed E-state index contributed by atoms with van der Waals surface area (Å²) in [5.41, 5.74) is 2.45. The van der Waals surface area contributed by atoms with E-state index in [0.717, 1.165) is 12.8 Å². The molecule has 2 rings (SSSR count). The number of esters is 1. The summed E-state index contributed by atoms with van der Waals surface area (Å²) < 4.78 is 5.45. The van der Waals surface area contributed by atoms with Crippen LogP contribution in [0, 0.1) is 0 Å². The Hall–Kier alpha value is -2.42. The maximum atomic E-state index is 12.4. The monoisotopic (exact) mass is 449 g/mol. The fourth-order valence-corrected chi connectivity index (χ4v) is 4.10. The van der Waals surface area contributed by atoms with Crippen LogP contribution >= 0.6 is 0 Å². The first-order chi connectivity index (χ1) is 16.2. The number of aryl methyl sites for hydroxylation is 1. The number of nitrogens with zero attached hydrogens (tertiary/aromatic N) is 1. The van der Waals surface area contributed by atoms with Gasteiger partial charge in [0.05, 0.1) is 0 Å². The number of rotatable bonds is 17. The molecule has 0 N–H and O–H groups in total. The fourth-order valence-electron chi connectivity index (χ4n) is 4.10. The molecule has 1 aromatic carbocycles. The van der Waals surface area contributed by atoms with Crippen LogP contribution in [0.5, 0.6) is 5.88 Å². The van der Waals surface area contributed by atoms with E-state index in [1.54, 1.807) is 12.1 Å². The number of hydrogen-bond donors (Lipinski definition) is 0. The largest absolute Gasteiger partial charge is 0.404 e. The summed E-state index contributed by atoms with van der Waals surface area (Å²) in [5.74, 6) is 0.235. The SMILES string of the molecule is CCCCCCCCc1ccc(OC(=O)/C=C/C(CCCCCCC)c2ccccc2)nc1. The molecule has 3 heteroatoms. The molecular weight excluding hydrogens is 406 g/mol. The van der Waals surface area contributed by atoms with Crippen LogP contribution in [0.15, 0.2) is 60.8 Å². The maximum absolute atomic E-state index is 12.4. The number of carbonyl (C=O) groups excluding carboxylic acids is 1. The lowest BCUT2D eigenvalue weighted by atomic mass is 9.92. The van der Waals surface area contributed by atoms with Crippen LogP contribution in [0.4, 0.5) is 0 Å². The van der Waals surface area contributed by atoms with Crippen molar-refractivity contribution in [2.24, 2.45) is 0 Å². The van der Waals surface area contributed by atoms with Crippen LogP contribution in [-0.4, -0.2) is 11.0 Å². The Kier molecular flexibility index (Phi) is 13.9. The van der Waals surface area contributed by atoms with E-state index in [9.17, 15) is 4.79 Å². The molecule has 1 atom stereocenters. The van der Waals surface area contributed by atoms with Crippen molar-refractivity contribution in [1.29, 1.82) is 0 Å². The number of hydrogen-bond acceptors (Lipinski definition) is 3. The van der Waals surface area contributed by atoms with E-state index in [0.29, 0.717) is 5.88 Å². The minimum absolute atomic E-state index is 0.230. The summed E-state index contributed by atoms with van der Waals surface area (Å²) in [6.45, 7) is 4.48. The second kappa shape index (κ2) is 17.1. The topological polar surface area (TPSA) is 39.2 Å². The average Bonchev–Trinajstić information content (AvgIpc) is 2.84. The fraction of sp³-hybridized carbons (Fsp3) is 0.533.